The van der Waals surface area contributed by atoms with Crippen molar-refractivity contribution in [2.24, 2.45) is 0 Å². The third-order valence-corrected chi connectivity index (χ3v) is 3.58. The fraction of sp³-hybridized carbons (Fsp3) is 0.500. The van der Waals surface area contributed by atoms with Gasteiger partial charge in [-0.05, 0) is 27.4 Å². The molecule has 19 heavy (non-hydrogen) atoms. The van der Waals surface area contributed by atoms with Crippen LogP contribution in [0, 0.1) is 0 Å². The van der Waals surface area contributed by atoms with Crippen LogP contribution in [0.2, 0.25) is 0 Å². The number of methoxy groups -OCH3 is 1. The summed E-state index contributed by atoms with van der Waals surface area (Å²) in [6, 6.07) is 1.89. The van der Waals surface area contributed by atoms with Crippen LogP contribution < -0.4 is 0 Å². The van der Waals surface area contributed by atoms with Crippen molar-refractivity contribution in [2.45, 2.75) is 32.7 Å². The van der Waals surface area contributed by atoms with Gasteiger partial charge < -0.3 is 4.74 Å². The van der Waals surface area contributed by atoms with Gasteiger partial charge in [0.2, 0.25) is 0 Å². The molecule has 0 aromatic carbocycles. The number of rotatable bonds is 3. The molecule has 2 aromatic heterocycles. The van der Waals surface area contributed by atoms with E-state index in [2.05, 4.69) is 15.5 Å². The Balaban J connectivity index is 2.30. The molecule has 2 aromatic rings. The molecule has 0 saturated heterocycles. The molecule has 102 valence electrons. The molecule has 0 radical (unpaired) electrons. The number of carbonyl (C=O) groups excluding carboxylic acids is 1. The Morgan fingerprint density at radius 3 is 2.84 bits per heavy atom. The number of carbonyl (C=O) groups is 1. The molecule has 0 fully saturated rings. The second-order valence-corrected chi connectivity index (χ2v) is 6.09. The van der Waals surface area contributed by atoms with Gasteiger partial charge in [-0.25, -0.2) is 9.48 Å². The predicted molar refractivity (Wildman–Crippen MR) is 71.3 cm³/mol. The molecule has 2 rings (SSSR count). The van der Waals surface area contributed by atoms with Crippen molar-refractivity contribution in [1.29, 1.82) is 0 Å². The zero-order valence-corrected chi connectivity index (χ0v) is 12.2. The van der Waals surface area contributed by atoms with E-state index >= 15 is 0 Å². The van der Waals surface area contributed by atoms with E-state index in [9.17, 15) is 4.79 Å². The average Bonchev–Trinajstić information content (AvgIpc) is 2.96. The minimum absolute atomic E-state index is 0.148. The van der Waals surface area contributed by atoms with Gasteiger partial charge in [0.15, 0.2) is 5.82 Å². The molecule has 2 heterocycles. The largest absolute Gasteiger partial charge is 0.465 e. The van der Waals surface area contributed by atoms with Gasteiger partial charge >= 0.3 is 5.97 Å². The van der Waals surface area contributed by atoms with Crippen LogP contribution in [0.3, 0.4) is 0 Å². The van der Waals surface area contributed by atoms with Gasteiger partial charge in [0.05, 0.1) is 13.7 Å². The van der Waals surface area contributed by atoms with Crippen molar-refractivity contribution in [3.8, 4) is 0 Å². The van der Waals surface area contributed by atoms with E-state index in [0.29, 0.717) is 11.4 Å². The minimum Gasteiger partial charge on any atom is -0.465 e. The van der Waals surface area contributed by atoms with Crippen molar-refractivity contribution in [2.75, 3.05) is 7.11 Å². The molecule has 0 N–H and O–H groups in total. The summed E-state index contributed by atoms with van der Waals surface area (Å²) < 4.78 is 6.48. The van der Waals surface area contributed by atoms with Crippen LogP contribution in [0.1, 0.15) is 41.8 Å². The molecule has 0 saturated carbocycles. The SMILES string of the molecule is COC(=O)c1sccc1Cn1nnnc1C(C)(C)C. The van der Waals surface area contributed by atoms with Crippen molar-refractivity contribution in [3.05, 3.63) is 27.7 Å². The molecule has 0 atom stereocenters. The molecule has 0 aliphatic rings. The van der Waals surface area contributed by atoms with Crippen LogP contribution in [-0.4, -0.2) is 33.3 Å². The van der Waals surface area contributed by atoms with E-state index in [0.717, 1.165) is 11.4 Å². The van der Waals surface area contributed by atoms with Gasteiger partial charge in [-0.1, -0.05) is 20.8 Å². The number of esters is 1. The van der Waals surface area contributed by atoms with E-state index in [1.807, 2.05) is 32.2 Å². The molecular weight excluding hydrogens is 264 g/mol. The van der Waals surface area contributed by atoms with Crippen LogP contribution >= 0.6 is 11.3 Å². The fourth-order valence-electron chi connectivity index (χ4n) is 1.74. The number of aromatic nitrogens is 4. The Kier molecular flexibility index (Phi) is 3.66. The number of hydrogen-bond donors (Lipinski definition) is 0. The van der Waals surface area contributed by atoms with Crippen molar-refractivity contribution >= 4 is 17.3 Å². The van der Waals surface area contributed by atoms with E-state index in [1.165, 1.54) is 18.4 Å². The molecule has 0 unspecified atom stereocenters. The Hall–Kier alpha value is -1.76. The molecule has 0 amide bonds. The number of tetrazole rings is 1. The lowest BCUT2D eigenvalue weighted by Gasteiger charge is -2.17. The van der Waals surface area contributed by atoms with Gasteiger partial charge in [-0.3, -0.25) is 0 Å². The molecule has 0 spiro atoms. The van der Waals surface area contributed by atoms with E-state index in [4.69, 9.17) is 4.74 Å². The molecule has 6 nitrogen and oxygen atoms in total. The van der Waals surface area contributed by atoms with Gasteiger partial charge in [0, 0.05) is 5.41 Å². The van der Waals surface area contributed by atoms with Crippen LogP contribution in [-0.2, 0) is 16.7 Å². The zero-order chi connectivity index (χ0) is 14.0. The highest BCUT2D eigenvalue weighted by molar-refractivity contribution is 7.12. The third-order valence-electron chi connectivity index (χ3n) is 2.64. The Morgan fingerprint density at radius 2 is 2.21 bits per heavy atom. The quantitative estimate of drug-likeness (QED) is 0.803. The maximum atomic E-state index is 11.6. The maximum absolute atomic E-state index is 11.6. The van der Waals surface area contributed by atoms with Crippen molar-refractivity contribution in [3.63, 3.8) is 0 Å². The van der Waals surface area contributed by atoms with Gasteiger partial charge in [0.25, 0.3) is 0 Å². The summed E-state index contributed by atoms with van der Waals surface area (Å²) >= 11 is 1.36. The van der Waals surface area contributed by atoms with E-state index in [1.54, 1.807) is 4.68 Å². The fourth-order valence-corrected chi connectivity index (χ4v) is 2.57. The minimum atomic E-state index is -0.324. The van der Waals surface area contributed by atoms with Gasteiger partial charge in [-0.2, -0.15) is 0 Å². The number of thiophene rings is 1. The first-order valence-corrected chi connectivity index (χ1v) is 6.72. The normalized spacial score (nSPS) is 11.6. The molecule has 7 heteroatoms. The summed E-state index contributed by atoms with van der Waals surface area (Å²) in [7, 11) is 1.38. The van der Waals surface area contributed by atoms with Gasteiger partial charge in [-0.15, -0.1) is 16.4 Å². The third kappa shape index (κ3) is 2.81. The highest BCUT2D eigenvalue weighted by Crippen LogP contribution is 2.22. The first kappa shape index (κ1) is 13.7. The van der Waals surface area contributed by atoms with Gasteiger partial charge in [0.1, 0.15) is 4.88 Å². The Labute approximate surface area is 115 Å². The summed E-state index contributed by atoms with van der Waals surface area (Å²) in [6.07, 6.45) is 0. The summed E-state index contributed by atoms with van der Waals surface area (Å²) in [5.41, 5.74) is 0.722. The van der Waals surface area contributed by atoms with Crippen molar-refractivity contribution in [1.82, 2.24) is 20.2 Å². The lowest BCUT2D eigenvalue weighted by molar-refractivity contribution is 0.0605. The van der Waals surface area contributed by atoms with Crippen LogP contribution in [0.25, 0.3) is 0 Å². The van der Waals surface area contributed by atoms with Crippen LogP contribution in [0.5, 0.6) is 0 Å². The summed E-state index contributed by atoms with van der Waals surface area (Å²) in [6.45, 7) is 6.60. The molecule has 0 bridgehead atoms. The number of nitrogens with zero attached hydrogens (tertiary/aromatic N) is 4. The molecule has 0 aliphatic carbocycles. The van der Waals surface area contributed by atoms with E-state index < -0.39 is 0 Å². The first-order chi connectivity index (χ1) is 8.93. The lowest BCUT2D eigenvalue weighted by Crippen LogP contribution is -2.20. The molecular formula is C12H16N4O2S. The Morgan fingerprint density at radius 1 is 1.47 bits per heavy atom. The summed E-state index contributed by atoms with van der Waals surface area (Å²) in [5, 5.41) is 13.6. The number of ether oxygens (including phenoxy) is 1. The zero-order valence-electron chi connectivity index (χ0n) is 11.4. The summed E-state index contributed by atoms with van der Waals surface area (Å²) in [5.74, 6) is 0.463. The molecule has 0 aliphatic heterocycles. The second-order valence-electron chi connectivity index (χ2n) is 5.18. The van der Waals surface area contributed by atoms with Crippen LogP contribution in [0.15, 0.2) is 11.4 Å². The standard InChI is InChI=1S/C12H16N4O2S/c1-12(2,3)11-13-14-15-16(11)7-8-5-6-19-9(8)10(17)18-4/h5-6H,7H2,1-4H3. The van der Waals surface area contributed by atoms with Crippen molar-refractivity contribution < 1.29 is 9.53 Å². The highest BCUT2D eigenvalue weighted by atomic mass is 32.1. The van der Waals surface area contributed by atoms with E-state index in [-0.39, 0.29) is 11.4 Å². The maximum Gasteiger partial charge on any atom is 0.348 e. The Bertz CT molecular complexity index is 583. The predicted octanol–water partition coefficient (Wildman–Crippen LogP) is 1.87. The number of hydrogen-bond acceptors (Lipinski definition) is 6. The van der Waals surface area contributed by atoms with Crippen LogP contribution in [0.4, 0.5) is 0 Å². The lowest BCUT2D eigenvalue weighted by atomic mass is 9.96. The smallest absolute Gasteiger partial charge is 0.348 e. The summed E-state index contributed by atoms with van der Waals surface area (Å²) in [4.78, 5) is 12.2. The second kappa shape index (κ2) is 5.08. The first-order valence-electron chi connectivity index (χ1n) is 5.85. The average molecular weight is 280 g/mol. The highest BCUT2D eigenvalue weighted by Gasteiger charge is 2.23. The topological polar surface area (TPSA) is 69.9 Å². The monoisotopic (exact) mass is 280 g/mol.